The fourth-order valence-corrected chi connectivity index (χ4v) is 3.44. The molecular weight excluding hydrogens is 408 g/mol. The number of carbonyl (C=O) groups excluding carboxylic acids is 3. The monoisotopic (exact) mass is 436 g/mol. The van der Waals surface area contributed by atoms with Crippen molar-refractivity contribution in [2.24, 2.45) is 0 Å². The highest BCUT2D eigenvalue weighted by molar-refractivity contribution is 6.00. The second-order valence-electron chi connectivity index (χ2n) is 7.97. The summed E-state index contributed by atoms with van der Waals surface area (Å²) in [6, 6.07) is 13.0. The summed E-state index contributed by atoms with van der Waals surface area (Å²) in [5.74, 6) is -0.495. The van der Waals surface area contributed by atoms with E-state index >= 15 is 0 Å². The number of aryl methyl sites for hydroxylation is 1. The van der Waals surface area contributed by atoms with Crippen LogP contribution < -0.4 is 16.0 Å². The van der Waals surface area contributed by atoms with Gasteiger partial charge in [-0.1, -0.05) is 24.3 Å². The maximum absolute atomic E-state index is 12.8. The summed E-state index contributed by atoms with van der Waals surface area (Å²) in [6.45, 7) is 7.19. The highest BCUT2D eigenvalue weighted by atomic mass is 16.5. The standard InChI is InChI=1S/C24H28N4O4/c1-14(2)32-22(29)20-16(4)28(5)24(31)27-21(20)17-9-7-11-19(13-17)26-23(30)25-18-10-6-8-15(3)12-18/h6-14,21H,1-5H3,(H,27,31)(H2,25,26,30). The molecule has 168 valence electrons. The lowest BCUT2D eigenvalue weighted by atomic mass is 9.94. The highest BCUT2D eigenvalue weighted by Crippen LogP contribution is 2.32. The van der Waals surface area contributed by atoms with Crippen molar-refractivity contribution >= 4 is 29.4 Å². The zero-order valence-corrected chi connectivity index (χ0v) is 18.9. The van der Waals surface area contributed by atoms with Crippen LogP contribution in [0.25, 0.3) is 0 Å². The number of benzene rings is 2. The SMILES string of the molecule is CC1=C(C(=O)OC(C)C)C(c2cccc(NC(=O)Nc3cccc(C)c3)c2)NC(=O)N1C. The molecule has 1 unspecified atom stereocenters. The molecule has 0 bridgehead atoms. The number of rotatable bonds is 5. The Hall–Kier alpha value is -3.81. The predicted octanol–water partition coefficient (Wildman–Crippen LogP) is 4.56. The fraction of sp³-hybridized carbons (Fsp3) is 0.292. The Morgan fingerprint density at radius 2 is 1.66 bits per heavy atom. The fourth-order valence-electron chi connectivity index (χ4n) is 3.44. The summed E-state index contributed by atoms with van der Waals surface area (Å²) in [5, 5.41) is 8.42. The van der Waals surface area contributed by atoms with Crippen LogP contribution in [0, 0.1) is 6.92 Å². The molecule has 1 heterocycles. The molecule has 8 heteroatoms. The van der Waals surface area contributed by atoms with E-state index in [0.717, 1.165) is 5.56 Å². The van der Waals surface area contributed by atoms with E-state index in [1.54, 1.807) is 58.2 Å². The van der Waals surface area contributed by atoms with Crippen LogP contribution >= 0.6 is 0 Å². The largest absolute Gasteiger partial charge is 0.459 e. The molecule has 3 rings (SSSR count). The van der Waals surface area contributed by atoms with E-state index in [-0.39, 0.29) is 12.1 Å². The predicted molar refractivity (Wildman–Crippen MR) is 123 cm³/mol. The normalized spacial score (nSPS) is 16.0. The molecule has 0 aromatic heterocycles. The number of urea groups is 2. The number of nitrogens with zero attached hydrogens (tertiary/aromatic N) is 1. The quantitative estimate of drug-likeness (QED) is 0.598. The number of anilines is 2. The Kier molecular flexibility index (Phi) is 6.82. The molecule has 0 fully saturated rings. The van der Waals surface area contributed by atoms with Crippen LogP contribution in [0.3, 0.4) is 0 Å². The molecule has 2 aromatic rings. The number of allylic oxidation sites excluding steroid dienone is 1. The molecule has 0 spiro atoms. The van der Waals surface area contributed by atoms with Gasteiger partial charge in [0.25, 0.3) is 0 Å². The number of hydrogen-bond donors (Lipinski definition) is 3. The molecule has 0 saturated heterocycles. The molecule has 0 saturated carbocycles. The number of amides is 4. The Bertz CT molecular complexity index is 1080. The van der Waals surface area contributed by atoms with Crippen molar-refractivity contribution in [3.63, 3.8) is 0 Å². The van der Waals surface area contributed by atoms with E-state index in [1.807, 2.05) is 25.1 Å². The Balaban J connectivity index is 1.85. The lowest BCUT2D eigenvalue weighted by Gasteiger charge is -2.33. The topological polar surface area (TPSA) is 99.8 Å². The second kappa shape index (κ2) is 9.55. The minimum absolute atomic E-state index is 0.301. The summed E-state index contributed by atoms with van der Waals surface area (Å²) in [7, 11) is 1.59. The summed E-state index contributed by atoms with van der Waals surface area (Å²) in [5.41, 5.74) is 3.75. The lowest BCUT2D eigenvalue weighted by Crippen LogP contribution is -2.46. The first-order chi connectivity index (χ1) is 15.2. The molecule has 1 aliphatic heterocycles. The molecule has 3 N–H and O–H groups in total. The maximum atomic E-state index is 12.8. The lowest BCUT2D eigenvalue weighted by molar-refractivity contribution is -0.143. The van der Waals surface area contributed by atoms with E-state index in [4.69, 9.17) is 4.74 Å². The van der Waals surface area contributed by atoms with Gasteiger partial charge >= 0.3 is 18.0 Å². The van der Waals surface area contributed by atoms with Gasteiger partial charge in [-0.2, -0.15) is 0 Å². The van der Waals surface area contributed by atoms with Gasteiger partial charge in [-0.25, -0.2) is 14.4 Å². The third kappa shape index (κ3) is 5.26. The van der Waals surface area contributed by atoms with Crippen molar-refractivity contribution in [3.8, 4) is 0 Å². The average molecular weight is 437 g/mol. The molecule has 2 aromatic carbocycles. The highest BCUT2D eigenvalue weighted by Gasteiger charge is 2.35. The molecule has 0 aliphatic carbocycles. The second-order valence-corrected chi connectivity index (χ2v) is 7.97. The number of carbonyl (C=O) groups is 3. The Labute approximate surface area is 187 Å². The van der Waals surface area contributed by atoms with Crippen molar-refractivity contribution in [2.45, 2.75) is 39.8 Å². The van der Waals surface area contributed by atoms with Gasteiger partial charge in [-0.15, -0.1) is 0 Å². The van der Waals surface area contributed by atoms with Crippen LogP contribution in [0.5, 0.6) is 0 Å². The van der Waals surface area contributed by atoms with E-state index in [1.165, 1.54) is 4.90 Å². The van der Waals surface area contributed by atoms with Crippen molar-refractivity contribution in [1.82, 2.24) is 10.2 Å². The van der Waals surface area contributed by atoms with Crippen molar-refractivity contribution < 1.29 is 19.1 Å². The summed E-state index contributed by atoms with van der Waals surface area (Å²) in [6.07, 6.45) is -0.301. The van der Waals surface area contributed by atoms with Crippen molar-refractivity contribution in [3.05, 3.63) is 70.9 Å². The molecular formula is C24H28N4O4. The van der Waals surface area contributed by atoms with Gasteiger partial charge in [0.05, 0.1) is 17.7 Å². The Morgan fingerprint density at radius 3 is 2.28 bits per heavy atom. The first kappa shape index (κ1) is 22.9. The molecule has 4 amide bonds. The zero-order valence-electron chi connectivity index (χ0n) is 18.9. The molecule has 8 nitrogen and oxygen atoms in total. The number of nitrogens with one attached hydrogen (secondary N) is 3. The molecule has 1 aliphatic rings. The molecule has 32 heavy (non-hydrogen) atoms. The van der Waals surface area contributed by atoms with Crippen LogP contribution in [0.15, 0.2) is 59.8 Å². The minimum atomic E-state index is -0.702. The van der Waals surface area contributed by atoms with E-state index in [9.17, 15) is 14.4 Å². The summed E-state index contributed by atoms with van der Waals surface area (Å²) < 4.78 is 5.41. The van der Waals surface area contributed by atoms with Gasteiger partial charge in [-0.05, 0) is 63.1 Å². The third-order valence-electron chi connectivity index (χ3n) is 5.07. The number of hydrogen-bond acceptors (Lipinski definition) is 4. The number of esters is 1. The van der Waals surface area contributed by atoms with Crippen LogP contribution in [0.4, 0.5) is 21.0 Å². The van der Waals surface area contributed by atoms with Crippen LogP contribution in [0.1, 0.15) is 37.9 Å². The summed E-state index contributed by atoms with van der Waals surface area (Å²) in [4.78, 5) is 39.1. The molecule has 0 radical (unpaired) electrons. The zero-order chi connectivity index (χ0) is 23.4. The van der Waals surface area contributed by atoms with Crippen molar-refractivity contribution in [2.75, 3.05) is 17.7 Å². The van der Waals surface area contributed by atoms with Gasteiger partial charge in [0.2, 0.25) is 0 Å². The van der Waals surface area contributed by atoms with E-state index < -0.39 is 18.0 Å². The van der Waals surface area contributed by atoms with Gasteiger partial charge in [0, 0.05) is 24.1 Å². The maximum Gasteiger partial charge on any atom is 0.338 e. The average Bonchev–Trinajstić information content (AvgIpc) is 2.71. The molecule has 1 atom stereocenters. The van der Waals surface area contributed by atoms with Crippen molar-refractivity contribution in [1.29, 1.82) is 0 Å². The van der Waals surface area contributed by atoms with Gasteiger partial charge in [-0.3, -0.25) is 0 Å². The Morgan fingerprint density at radius 1 is 1.03 bits per heavy atom. The van der Waals surface area contributed by atoms with Gasteiger partial charge in [0.15, 0.2) is 0 Å². The van der Waals surface area contributed by atoms with Crippen LogP contribution in [0.2, 0.25) is 0 Å². The first-order valence-corrected chi connectivity index (χ1v) is 10.4. The van der Waals surface area contributed by atoms with Gasteiger partial charge < -0.3 is 25.6 Å². The smallest absolute Gasteiger partial charge is 0.338 e. The third-order valence-corrected chi connectivity index (χ3v) is 5.07. The van der Waals surface area contributed by atoms with Crippen LogP contribution in [-0.2, 0) is 9.53 Å². The van der Waals surface area contributed by atoms with E-state index in [2.05, 4.69) is 16.0 Å². The summed E-state index contributed by atoms with van der Waals surface area (Å²) >= 11 is 0. The minimum Gasteiger partial charge on any atom is -0.459 e. The van der Waals surface area contributed by atoms with Crippen LogP contribution in [-0.4, -0.2) is 36.1 Å². The number of ether oxygens (including phenoxy) is 1. The first-order valence-electron chi connectivity index (χ1n) is 10.4. The van der Waals surface area contributed by atoms with E-state index in [0.29, 0.717) is 28.2 Å². The van der Waals surface area contributed by atoms with Gasteiger partial charge in [0.1, 0.15) is 0 Å².